The minimum Gasteiger partial charge on any atom is -0.315 e. The summed E-state index contributed by atoms with van der Waals surface area (Å²) in [5.41, 5.74) is 0. The van der Waals surface area contributed by atoms with Crippen LogP contribution in [0.3, 0.4) is 0 Å². The maximum Gasteiger partial charge on any atom is 0.0187 e. The SMILES string of the molecule is C1CSCC(N2CCCNCC2)C1. The monoisotopic (exact) mass is 200 g/mol. The van der Waals surface area contributed by atoms with Crippen LogP contribution in [0.1, 0.15) is 19.3 Å². The Morgan fingerprint density at radius 2 is 2.15 bits per heavy atom. The molecule has 76 valence electrons. The highest BCUT2D eigenvalue weighted by Crippen LogP contribution is 2.21. The van der Waals surface area contributed by atoms with E-state index >= 15 is 0 Å². The number of hydrogen-bond acceptors (Lipinski definition) is 3. The van der Waals surface area contributed by atoms with E-state index < -0.39 is 0 Å². The van der Waals surface area contributed by atoms with Crippen LogP contribution in [0.25, 0.3) is 0 Å². The number of nitrogens with one attached hydrogen (secondary N) is 1. The molecule has 0 bridgehead atoms. The van der Waals surface area contributed by atoms with Gasteiger partial charge in [-0.05, 0) is 38.1 Å². The average molecular weight is 200 g/mol. The number of nitrogens with zero attached hydrogens (tertiary/aromatic N) is 1. The molecular weight excluding hydrogens is 180 g/mol. The largest absolute Gasteiger partial charge is 0.315 e. The molecule has 2 fully saturated rings. The Morgan fingerprint density at radius 1 is 1.15 bits per heavy atom. The second-order valence-corrected chi connectivity index (χ2v) is 5.16. The maximum absolute atomic E-state index is 3.47. The lowest BCUT2D eigenvalue weighted by Crippen LogP contribution is -2.40. The van der Waals surface area contributed by atoms with Crippen molar-refractivity contribution in [1.82, 2.24) is 10.2 Å². The first-order chi connectivity index (χ1) is 6.47. The molecule has 2 saturated heterocycles. The van der Waals surface area contributed by atoms with Crippen molar-refractivity contribution in [3.63, 3.8) is 0 Å². The van der Waals surface area contributed by atoms with Crippen LogP contribution in [0.15, 0.2) is 0 Å². The summed E-state index contributed by atoms with van der Waals surface area (Å²) in [6.07, 6.45) is 4.20. The van der Waals surface area contributed by atoms with E-state index in [-0.39, 0.29) is 0 Å². The van der Waals surface area contributed by atoms with Crippen molar-refractivity contribution in [2.45, 2.75) is 25.3 Å². The summed E-state index contributed by atoms with van der Waals surface area (Å²) in [4.78, 5) is 2.70. The highest BCUT2D eigenvalue weighted by molar-refractivity contribution is 7.99. The second-order valence-electron chi connectivity index (χ2n) is 4.01. The fourth-order valence-corrected chi connectivity index (χ4v) is 3.43. The molecule has 2 rings (SSSR count). The standard InChI is InChI=1S/C10H20N2S/c1-3-10(9-13-8-1)12-6-2-4-11-5-7-12/h10-11H,1-9H2. The number of thioether (sulfide) groups is 1. The summed E-state index contributed by atoms with van der Waals surface area (Å²) >= 11 is 2.14. The highest BCUT2D eigenvalue weighted by Gasteiger charge is 2.21. The van der Waals surface area contributed by atoms with Gasteiger partial charge in [0.2, 0.25) is 0 Å². The lowest BCUT2D eigenvalue weighted by molar-refractivity contribution is 0.213. The minimum absolute atomic E-state index is 0.888. The molecule has 0 amide bonds. The summed E-state index contributed by atoms with van der Waals surface area (Å²) in [7, 11) is 0. The van der Waals surface area contributed by atoms with Crippen molar-refractivity contribution in [3.8, 4) is 0 Å². The van der Waals surface area contributed by atoms with E-state index in [0.717, 1.165) is 6.04 Å². The molecule has 2 aliphatic rings. The van der Waals surface area contributed by atoms with Gasteiger partial charge in [-0.2, -0.15) is 11.8 Å². The van der Waals surface area contributed by atoms with E-state index in [1.165, 1.54) is 56.9 Å². The Balaban J connectivity index is 1.82. The van der Waals surface area contributed by atoms with Crippen molar-refractivity contribution in [2.24, 2.45) is 0 Å². The van der Waals surface area contributed by atoms with Crippen molar-refractivity contribution in [3.05, 3.63) is 0 Å². The molecule has 2 heterocycles. The Bertz CT molecular complexity index is 138. The zero-order valence-electron chi connectivity index (χ0n) is 8.30. The third kappa shape index (κ3) is 2.86. The number of rotatable bonds is 1. The second kappa shape index (κ2) is 5.23. The van der Waals surface area contributed by atoms with Crippen LogP contribution >= 0.6 is 11.8 Å². The van der Waals surface area contributed by atoms with Gasteiger partial charge in [-0.1, -0.05) is 0 Å². The van der Waals surface area contributed by atoms with E-state index in [4.69, 9.17) is 0 Å². The lowest BCUT2D eigenvalue weighted by atomic mass is 10.1. The third-order valence-corrected chi connectivity index (χ3v) is 4.23. The van der Waals surface area contributed by atoms with E-state index in [1.807, 2.05) is 0 Å². The van der Waals surface area contributed by atoms with Crippen LogP contribution in [0.4, 0.5) is 0 Å². The van der Waals surface area contributed by atoms with Gasteiger partial charge in [0.15, 0.2) is 0 Å². The molecule has 0 aromatic rings. The molecule has 0 aromatic carbocycles. The van der Waals surface area contributed by atoms with Gasteiger partial charge in [0.1, 0.15) is 0 Å². The predicted octanol–water partition coefficient (Wildman–Crippen LogP) is 1.18. The molecule has 1 N–H and O–H groups in total. The van der Waals surface area contributed by atoms with Crippen LogP contribution in [-0.4, -0.2) is 48.6 Å². The normalized spacial score (nSPS) is 32.8. The molecule has 2 aliphatic heterocycles. The molecule has 0 aromatic heterocycles. The maximum atomic E-state index is 3.47. The average Bonchev–Trinajstić information content (AvgIpc) is 2.47. The molecule has 1 atom stereocenters. The van der Waals surface area contributed by atoms with Crippen molar-refractivity contribution in [2.75, 3.05) is 37.7 Å². The van der Waals surface area contributed by atoms with Gasteiger partial charge < -0.3 is 5.32 Å². The third-order valence-electron chi connectivity index (χ3n) is 3.03. The van der Waals surface area contributed by atoms with Crippen molar-refractivity contribution < 1.29 is 0 Å². The van der Waals surface area contributed by atoms with Crippen molar-refractivity contribution >= 4 is 11.8 Å². The fourth-order valence-electron chi connectivity index (χ4n) is 2.24. The number of hydrogen-bond donors (Lipinski definition) is 1. The van der Waals surface area contributed by atoms with Gasteiger partial charge in [-0.25, -0.2) is 0 Å². The van der Waals surface area contributed by atoms with Crippen LogP contribution in [0.2, 0.25) is 0 Å². The Hall–Kier alpha value is 0.270. The van der Waals surface area contributed by atoms with Gasteiger partial charge in [0, 0.05) is 24.9 Å². The summed E-state index contributed by atoms with van der Waals surface area (Å²) in [5.74, 6) is 2.77. The van der Waals surface area contributed by atoms with Gasteiger partial charge in [0.05, 0.1) is 0 Å². The molecule has 3 heteroatoms. The first kappa shape index (κ1) is 9.81. The predicted molar refractivity (Wildman–Crippen MR) is 59.4 cm³/mol. The summed E-state index contributed by atoms with van der Waals surface area (Å²) < 4.78 is 0. The quantitative estimate of drug-likeness (QED) is 0.684. The molecule has 0 radical (unpaired) electrons. The van der Waals surface area contributed by atoms with Crippen molar-refractivity contribution in [1.29, 1.82) is 0 Å². The van der Waals surface area contributed by atoms with Gasteiger partial charge in [-0.15, -0.1) is 0 Å². The Morgan fingerprint density at radius 3 is 3.00 bits per heavy atom. The topological polar surface area (TPSA) is 15.3 Å². The summed E-state index contributed by atoms with van der Waals surface area (Å²) in [5, 5.41) is 3.47. The lowest BCUT2D eigenvalue weighted by Gasteiger charge is -2.32. The van der Waals surface area contributed by atoms with Crippen LogP contribution in [-0.2, 0) is 0 Å². The van der Waals surface area contributed by atoms with E-state index in [2.05, 4.69) is 22.0 Å². The van der Waals surface area contributed by atoms with E-state index in [1.54, 1.807) is 0 Å². The van der Waals surface area contributed by atoms with Gasteiger partial charge >= 0.3 is 0 Å². The molecule has 0 saturated carbocycles. The highest BCUT2D eigenvalue weighted by atomic mass is 32.2. The molecule has 13 heavy (non-hydrogen) atoms. The minimum atomic E-state index is 0.888. The Labute approximate surface area is 85.4 Å². The smallest absolute Gasteiger partial charge is 0.0187 e. The summed E-state index contributed by atoms with van der Waals surface area (Å²) in [6, 6.07) is 0.888. The first-order valence-corrected chi connectivity index (χ1v) is 6.65. The van der Waals surface area contributed by atoms with Crippen LogP contribution in [0.5, 0.6) is 0 Å². The van der Waals surface area contributed by atoms with Crippen LogP contribution < -0.4 is 5.32 Å². The van der Waals surface area contributed by atoms with Gasteiger partial charge in [0.25, 0.3) is 0 Å². The fraction of sp³-hybridized carbons (Fsp3) is 1.00. The zero-order chi connectivity index (χ0) is 8.93. The van der Waals surface area contributed by atoms with E-state index in [9.17, 15) is 0 Å². The first-order valence-electron chi connectivity index (χ1n) is 5.49. The molecule has 1 unspecified atom stereocenters. The van der Waals surface area contributed by atoms with Crippen LogP contribution in [0, 0.1) is 0 Å². The zero-order valence-corrected chi connectivity index (χ0v) is 9.11. The Kier molecular flexibility index (Phi) is 3.94. The molecule has 0 aliphatic carbocycles. The molecular formula is C10H20N2S. The molecule has 2 nitrogen and oxygen atoms in total. The van der Waals surface area contributed by atoms with Gasteiger partial charge in [-0.3, -0.25) is 4.90 Å². The summed E-state index contributed by atoms with van der Waals surface area (Å²) in [6.45, 7) is 5.00. The molecule has 0 spiro atoms. The van der Waals surface area contributed by atoms with E-state index in [0.29, 0.717) is 0 Å².